The Bertz CT molecular complexity index is 84.9. The molecule has 1 nitrogen and oxygen atoms in total. The molecular weight excluding hydrogens is 119 g/mol. The van der Waals surface area contributed by atoms with Crippen LogP contribution in [0.25, 0.3) is 0 Å². The zero-order valence-electron chi connectivity index (χ0n) is 5.93. The summed E-state index contributed by atoms with van der Waals surface area (Å²) < 4.78 is 17.7. The first-order valence-corrected chi connectivity index (χ1v) is 3.42. The number of hydrogen-bond acceptors (Lipinski definition) is 1. The lowest BCUT2D eigenvalue weighted by atomic mass is 10.1. The van der Waals surface area contributed by atoms with Gasteiger partial charge in [-0.2, -0.15) is 0 Å². The smallest absolute Gasteiger partial charge is 0.126 e. The molecule has 0 saturated heterocycles. The van der Waals surface area contributed by atoms with Crippen molar-refractivity contribution in [3.8, 4) is 0 Å². The Labute approximate surface area is 55.2 Å². The molecular formula is C7H13FO. The highest BCUT2D eigenvalue weighted by Crippen LogP contribution is 2.29. The highest BCUT2D eigenvalue weighted by molar-refractivity contribution is 4.82. The van der Waals surface area contributed by atoms with Crippen molar-refractivity contribution in [2.75, 3.05) is 7.11 Å². The molecule has 0 aromatic heterocycles. The van der Waals surface area contributed by atoms with E-state index >= 15 is 0 Å². The molecule has 2 heteroatoms. The van der Waals surface area contributed by atoms with E-state index in [0.29, 0.717) is 12.3 Å². The standard InChI is InChI=1S/C7H13FO/c1-5-3-4-6(8)7(5)9-2/h5-7H,3-4H2,1-2H3/t5-,6-,7+/m0/s1. The monoisotopic (exact) mass is 132 g/mol. The van der Waals surface area contributed by atoms with Gasteiger partial charge >= 0.3 is 0 Å². The molecule has 1 aliphatic carbocycles. The van der Waals surface area contributed by atoms with Crippen molar-refractivity contribution in [3.05, 3.63) is 0 Å². The average molecular weight is 132 g/mol. The highest BCUT2D eigenvalue weighted by atomic mass is 19.1. The van der Waals surface area contributed by atoms with Crippen molar-refractivity contribution in [3.63, 3.8) is 0 Å². The fraction of sp³-hybridized carbons (Fsp3) is 1.00. The maximum absolute atomic E-state index is 12.7. The van der Waals surface area contributed by atoms with Crippen LogP contribution in [0.3, 0.4) is 0 Å². The van der Waals surface area contributed by atoms with Gasteiger partial charge in [0, 0.05) is 7.11 Å². The first-order valence-electron chi connectivity index (χ1n) is 3.42. The van der Waals surface area contributed by atoms with E-state index in [1.165, 1.54) is 0 Å². The predicted octanol–water partition coefficient (Wildman–Crippen LogP) is 1.77. The number of rotatable bonds is 1. The molecule has 0 aromatic carbocycles. The summed E-state index contributed by atoms with van der Waals surface area (Å²) in [6, 6.07) is 0. The van der Waals surface area contributed by atoms with Gasteiger partial charge in [0.2, 0.25) is 0 Å². The molecule has 54 valence electrons. The Morgan fingerprint density at radius 1 is 1.44 bits per heavy atom. The SMILES string of the molecule is CO[C@@H]1[C@@H](C)CC[C@@H]1F. The van der Waals surface area contributed by atoms with Gasteiger partial charge in [-0.3, -0.25) is 0 Å². The highest BCUT2D eigenvalue weighted by Gasteiger charge is 2.33. The van der Waals surface area contributed by atoms with Crippen LogP contribution in [0.2, 0.25) is 0 Å². The van der Waals surface area contributed by atoms with E-state index < -0.39 is 6.17 Å². The second-order valence-corrected chi connectivity index (χ2v) is 2.77. The van der Waals surface area contributed by atoms with Crippen molar-refractivity contribution in [1.29, 1.82) is 0 Å². The Morgan fingerprint density at radius 3 is 2.33 bits per heavy atom. The van der Waals surface area contributed by atoms with Gasteiger partial charge in [0.05, 0.1) is 6.10 Å². The zero-order valence-corrected chi connectivity index (χ0v) is 5.93. The van der Waals surface area contributed by atoms with Crippen LogP contribution in [-0.4, -0.2) is 19.4 Å². The summed E-state index contributed by atoms with van der Waals surface area (Å²) in [5, 5.41) is 0. The molecule has 3 atom stereocenters. The number of methoxy groups -OCH3 is 1. The van der Waals surface area contributed by atoms with E-state index in [1.807, 2.05) is 6.92 Å². The topological polar surface area (TPSA) is 9.23 Å². The molecule has 1 fully saturated rings. The van der Waals surface area contributed by atoms with Crippen LogP contribution in [-0.2, 0) is 4.74 Å². The minimum Gasteiger partial charge on any atom is -0.378 e. The Hall–Kier alpha value is -0.110. The van der Waals surface area contributed by atoms with Gasteiger partial charge in [0.25, 0.3) is 0 Å². The van der Waals surface area contributed by atoms with Crippen LogP contribution < -0.4 is 0 Å². The van der Waals surface area contributed by atoms with Crippen LogP contribution in [0.1, 0.15) is 19.8 Å². The predicted molar refractivity (Wildman–Crippen MR) is 34.1 cm³/mol. The third-order valence-corrected chi connectivity index (χ3v) is 2.09. The zero-order chi connectivity index (χ0) is 6.85. The van der Waals surface area contributed by atoms with Gasteiger partial charge in [-0.25, -0.2) is 4.39 Å². The fourth-order valence-electron chi connectivity index (χ4n) is 1.49. The summed E-state index contributed by atoms with van der Waals surface area (Å²) in [6.07, 6.45) is 0.800. The lowest BCUT2D eigenvalue weighted by molar-refractivity contribution is 0.0281. The minimum absolute atomic E-state index is 0.134. The summed E-state index contributed by atoms with van der Waals surface area (Å²) in [6.45, 7) is 2.04. The van der Waals surface area contributed by atoms with Gasteiger partial charge in [-0.05, 0) is 18.8 Å². The van der Waals surface area contributed by atoms with Crippen LogP contribution >= 0.6 is 0 Å². The van der Waals surface area contributed by atoms with E-state index in [0.717, 1.165) is 6.42 Å². The molecule has 1 rings (SSSR count). The van der Waals surface area contributed by atoms with Crippen molar-refractivity contribution in [2.45, 2.75) is 32.0 Å². The quantitative estimate of drug-likeness (QED) is 0.528. The van der Waals surface area contributed by atoms with E-state index in [-0.39, 0.29) is 6.10 Å². The van der Waals surface area contributed by atoms with Gasteiger partial charge in [-0.1, -0.05) is 6.92 Å². The van der Waals surface area contributed by atoms with Crippen LogP contribution in [0, 0.1) is 5.92 Å². The summed E-state index contributed by atoms with van der Waals surface area (Å²) in [4.78, 5) is 0. The van der Waals surface area contributed by atoms with Crippen molar-refractivity contribution in [2.24, 2.45) is 5.92 Å². The molecule has 0 amide bonds. The molecule has 0 heterocycles. The van der Waals surface area contributed by atoms with Crippen LogP contribution in [0.5, 0.6) is 0 Å². The lowest BCUT2D eigenvalue weighted by Crippen LogP contribution is -2.22. The van der Waals surface area contributed by atoms with Gasteiger partial charge in [0.1, 0.15) is 6.17 Å². The Balaban J connectivity index is 2.44. The normalized spacial score (nSPS) is 43.7. The summed E-state index contributed by atoms with van der Waals surface area (Å²) in [5.41, 5.74) is 0. The first-order chi connectivity index (χ1) is 4.25. The minimum atomic E-state index is -0.718. The molecule has 0 aromatic rings. The molecule has 0 spiro atoms. The summed E-state index contributed by atoms with van der Waals surface area (Å²) in [5.74, 6) is 0.407. The summed E-state index contributed by atoms with van der Waals surface area (Å²) >= 11 is 0. The van der Waals surface area contributed by atoms with Gasteiger partial charge in [0.15, 0.2) is 0 Å². The molecule has 0 unspecified atom stereocenters. The molecule has 0 radical (unpaired) electrons. The Kier molecular flexibility index (Phi) is 2.06. The number of ether oxygens (including phenoxy) is 1. The van der Waals surface area contributed by atoms with Gasteiger partial charge in [-0.15, -0.1) is 0 Å². The average Bonchev–Trinajstić information content (AvgIpc) is 2.12. The maximum Gasteiger partial charge on any atom is 0.126 e. The second kappa shape index (κ2) is 2.65. The van der Waals surface area contributed by atoms with E-state index in [1.54, 1.807) is 7.11 Å². The van der Waals surface area contributed by atoms with Crippen LogP contribution in [0.4, 0.5) is 4.39 Å². The maximum atomic E-state index is 12.7. The lowest BCUT2D eigenvalue weighted by Gasteiger charge is -2.14. The van der Waals surface area contributed by atoms with E-state index in [4.69, 9.17) is 4.74 Å². The van der Waals surface area contributed by atoms with E-state index in [9.17, 15) is 4.39 Å². The van der Waals surface area contributed by atoms with Crippen molar-refractivity contribution < 1.29 is 9.13 Å². The molecule has 0 N–H and O–H groups in total. The molecule has 1 saturated carbocycles. The summed E-state index contributed by atoms with van der Waals surface area (Å²) in [7, 11) is 1.58. The molecule has 1 aliphatic rings. The number of hydrogen-bond donors (Lipinski definition) is 0. The fourth-order valence-corrected chi connectivity index (χ4v) is 1.49. The largest absolute Gasteiger partial charge is 0.378 e. The first kappa shape index (κ1) is 7.00. The Morgan fingerprint density at radius 2 is 2.11 bits per heavy atom. The molecule has 0 bridgehead atoms. The number of halogens is 1. The second-order valence-electron chi connectivity index (χ2n) is 2.77. The van der Waals surface area contributed by atoms with Gasteiger partial charge < -0.3 is 4.74 Å². The molecule has 9 heavy (non-hydrogen) atoms. The number of alkyl halides is 1. The van der Waals surface area contributed by atoms with Crippen LogP contribution in [0.15, 0.2) is 0 Å². The van der Waals surface area contributed by atoms with E-state index in [2.05, 4.69) is 0 Å². The third kappa shape index (κ3) is 1.23. The molecule has 0 aliphatic heterocycles. The van der Waals surface area contributed by atoms with Crippen molar-refractivity contribution >= 4 is 0 Å². The third-order valence-electron chi connectivity index (χ3n) is 2.09. The van der Waals surface area contributed by atoms with Crippen molar-refractivity contribution in [1.82, 2.24) is 0 Å².